The van der Waals surface area contributed by atoms with Crippen molar-refractivity contribution in [3.05, 3.63) is 12.2 Å². The number of allylic oxidation sites excluding steroid dienone is 2. The van der Waals surface area contributed by atoms with Crippen molar-refractivity contribution in [2.45, 2.75) is 231 Å². The molecule has 0 fully saturated rings. The molecule has 0 saturated heterocycles. The molecule has 0 aromatic carbocycles. The average Bonchev–Trinajstić information content (AvgIpc) is 3.03. The molecule has 0 aromatic rings. The third-order valence-corrected chi connectivity index (χ3v) is 10.3. The predicted molar refractivity (Wildman–Crippen MR) is 203 cm³/mol. The number of amides is 1. The zero-order valence-corrected chi connectivity index (χ0v) is 32.0. The van der Waals surface area contributed by atoms with E-state index in [2.05, 4.69) is 31.3 Å². The maximum atomic E-state index is 12.5. The first-order valence-electron chi connectivity index (χ1n) is 20.4. The van der Waals surface area contributed by atoms with Crippen molar-refractivity contribution in [2.24, 2.45) is 0 Å². The largest absolute Gasteiger partial charge is 0.391 e. The monoisotopic (exact) mass is 686 g/mol. The second-order valence-corrected chi connectivity index (χ2v) is 15.8. The quantitative estimate of drug-likeness (QED) is 0.0343. The SMILES string of the molecule is CCCCCCCCCC/C=C\CCCCCCCCCCCCCC(=O)NC(CS(=O)(=O)O)C(O)CCCCCCCCCCC. The Morgan fingerprint density at radius 1 is 0.553 bits per heavy atom. The van der Waals surface area contributed by atoms with Crippen LogP contribution in [0.3, 0.4) is 0 Å². The lowest BCUT2D eigenvalue weighted by molar-refractivity contribution is -0.122. The van der Waals surface area contributed by atoms with Gasteiger partial charge in [-0.2, -0.15) is 8.42 Å². The number of unbranched alkanes of at least 4 members (excludes halogenated alkanes) is 27. The number of rotatable bonds is 37. The van der Waals surface area contributed by atoms with E-state index in [9.17, 15) is 22.9 Å². The topological polar surface area (TPSA) is 104 Å². The van der Waals surface area contributed by atoms with Crippen molar-refractivity contribution in [1.82, 2.24) is 5.32 Å². The molecule has 3 N–H and O–H groups in total. The summed E-state index contributed by atoms with van der Waals surface area (Å²) in [6, 6.07) is -0.965. The molecule has 0 aliphatic heterocycles. The lowest BCUT2D eigenvalue weighted by Crippen LogP contribution is -2.47. The number of aliphatic hydroxyl groups is 1. The molecular weight excluding hydrogens is 607 g/mol. The van der Waals surface area contributed by atoms with Crippen molar-refractivity contribution in [3.8, 4) is 0 Å². The van der Waals surface area contributed by atoms with Gasteiger partial charge in [0.15, 0.2) is 0 Å². The Kier molecular flexibility index (Phi) is 34.2. The van der Waals surface area contributed by atoms with Gasteiger partial charge in [0.2, 0.25) is 5.91 Å². The first-order chi connectivity index (χ1) is 22.8. The van der Waals surface area contributed by atoms with Crippen LogP contribution >= 0.6 is 0 Å². The van der Waals surface area contributed by atoms with E-state index >= 15 is 0 Å². The van der Waals surface area contributed by atoms with Gasteiger partial charge in [-0.3, -0.25) is 9.35 Å². The Morgan fingerprint density at radius 2 is 0.894 bits per heavy atom. The molecule has 7 heteroatoms. The Hall–Kier alpha value is -0.920. The van der Waals surface area contributed by atoms with E-state index in [0.29, 0.717) is 12.8 Å². The van der Waals surface area contributed by atoms with Gasteiger partial charge >= 0.3 is 0 Å². The first-order valence-corrected chi connectivity index (χ1v) is 22.0. The van der Waals surface area contributed by atoms with Gasteiger partial charge in [-0.05, 0) is 38.5 Å². The molecule has 0 saturated carbocycles. The highest BCUT2D eigenvalue weighted by Crippen LogP contribution is 2.16. The van der Waals surface area contributed by atoms with Crippen molar-refractivity contribution >= 4 is 16.0 Å². The second kappa shape index (κ2) is 34.9. The number of carbonyl (C=O) groups is 1. The summed E-state index contributed by atoms with van der Waals surface area (Å²) in [7, 11) is -4.30. The highest BCUT2D eigenvalue weighted by atomic mass is 32.2. The molecule has 0 aromatic heterocycles. The fourth-order valence-electron chi connectivity index (χ4n) is 6.39. The predicted octanol–water partition coefficient (Wildman–Crippen LogP) is 11.8. The molecule has 0 radical (unpaired) electrons. The lowest BCUT2D eigenvalue weighted by atomic mass is 10.0. The van der Waals surface area contributed by atoms with E-state index in [1.54, 1.807) is 0 Å². The average molecular weight is 686 g/mol. The van der Waals surface area contributed by atoms with Crippen LogP contribution in [0.4, 0.5) is 0 Å². The van der Waals surface area contributed by atoms with E-state index in [1.165, 1.54) is 154 Å². The molecule has 6 nitrogen and oxygen atoms in total. The summed E-state index contributed by atoms with van der Waals surface area (Å²) >= 11 is 0. The van der Waals surface area contributed by atoms with Gasteiger partial charge in [0.25, 0.3) is 10.1 Å². The molecule has 0 bridgehead atoms. The smallest absolute Gasteiger partial charge is 0.266 e. The fraction of sp³-hybridized carbons (Fsp3) is 0.925. The maximum absolute atomic E-state index is 12.5. The Balaban J connectivity index is 3.73. The van der Waals surface area contributed by atoms with E-state index in [1.807, 2.05) is 0 Å². The minimum absolute atomic E-state index is 0.247. The highest BCUT2D eigenvalue weighted by Gasteiger charge is 2.26. The Bertz CT molecular complexity index is 800. The van der Waals surface area contributed by atoms with Gasteiger partial charge in [0, 0.05) is 6.42 Å². The number of carbonyl (C=O) groups excluding carboxylic acids is 1. The fourth-order valence-corrected chi connectivity index (χ4v) is 7.15. The summed E-state index contributed by atoms with van der Waals surface area (Å²) in [6.45, 7) is 4.49. The summed E-state index contributed by atoms with van der Waals surface area (Å²) < 4.78 is 32.4. The van der Waals surface area contributed by atoms with Crippen molar-refractivity contribution in [1.29, 1.82) is 0 Å². The minimum atomic E-state index is -4.30. The molecule has 2 unspecified atom stereocenters. The van der Waals surface area contributed by atoms with Gasteiger partial charge < -0.3 is 10.4 Å². The summed E-state index contributed by atoms with van der Waals surface area (Å²) in [5.41, 5.74) is 0. The maximum Gasteiger partial charge on any atom is 0.266 e. The van der Waals surface area contributed by atoms with E-state index in [-0.39, 0.29) is 5.91 Å². The third-order valence-electron chi connectivity index (χ3n) is 9.47. The molecule has 2 atom stereocenters. The lowest BCUT2D eigenvalue weighted by Gasteiger charge is -2.23. The van der Waals surface area contributed by atoms with Gasteiger partial charge in [0.1, 0.15) is 0 Å². The second-order valence-electron chi connectivity index (χ2n) is 14.3. The summed E-state index contributed by atoms with van der Waals surface area (Å²) in [5.74, 6) is -0.892. The number of hydrogen-bond acceptors (Lipinski definition) is 4. The standard InChI is InChI=1S/C40H79NO5S/c1-3-5-7-9-11-13-14-15-16-17-18-19-20-21-22-23-24-25-26-28-30-32-34-36-40(43)41-38(37-47(44,45)46)39(42)35-33-31-29-27-12-10-8-6-4-2/h17-18,38-39,42H,3-16,19-37H2,1-2H3,(H,41,43)(H,44,45,46)/b18-17-. The van der Waals surface area contributed by atoms with Crippen LogP contribution in [0.1, 0.15) is 219 Å². The number of nitrogens with one attached hydrogen (secondary N) is 1. The molecular formula is C40H79NO5S. The van der Waals surface area contributed by atoms with E-state index in [0.717, 1.165) is 38.5 Å². The van der Waals surface area contributed by atoms with Crippen LogP contribution in [-0.4, -0.2) is 41.9 Å². The van der Waals surface area contributed by atoms with Crippen LogP contribution in [0, 0.1) is 0 Å². The molecule has 0 spiro atoms. The Labute approximate surface area is 292 Å². The van der Waals surface area contributed by atoms with Gasteiger partial charge in [-0.15, -0.1) is 0 Å². The molecule has 0 heterocycles. The zero-order valence-electron chi connectivity index (χ0n) is 31.2. The van der Waals surface area contributed by atoms with Crippen LogP contribution in [0.25, 0.3) is 0 Å². The van der Waals surface area contributed by atoms with Gasteiger partial charge in [-0.1, -0.05) is 187 Å². The molecule has 0 rings (SSSR count). The molecule has 0 aliphatic rings. The van der Waals surface area contributed by atoms with Crippen molar-refractivity contribution in [3.63, 3.8) is 0 Å². The third kappa shape index (κ3) is 36.2. The van der Waals surface area contributed by atoms with Crippen LogP contribution in [0.5, 0.6) is 0 Å². The van der Waals surface area contributed by atoms with Crippen molar-refractivity contribution in [2.75, 3.05) is 5.75 Å². The summed E-state index contributed by atoms with van der Waals surface area (Å²) in [5, 5.41) is 13.3. The van der Waals surface area contributed by atoms with Crippen molar-refractivity contribution < 1.29 is 22.9 Å². The molecule has 47 heavy (non-hydrogen) atoms. The highest BCUT2D eigenvalue weighted by molar-refractivity contribution is 7.85. The van der Waals surface area contributed by atoms with Gasteiger partial charge in [0.05, 0.1) is 17.9 Å². The normalized spacial score (nSPS) is 13.4. The molecule has 0 aliphatic carbocycles. The Morgan fingerprint density at radius 3 is 1.28 bits per heavy atom. The summed E-state index contributed by atoms with van der Waals surface area (Å²) in [4.78, 5) is 12.5. The van der Waals surface area contributed by atoms with E-state index < -0.39 is 28.0 Å². The number of aliphatic hydroxyl groups excluding tert-OH is 1. The van der Waals surface area contributed by atoms with Gasteiger partial charge in [-0.25, -0.2) is 0 Å². The van der Waals surface area contributed by atoms with Crippen LogP contribution in [0.2, 0.25) is 0 Å². The minimum Gasteiger partial charge on any atom is -0.391 e. The molecule has 1 amide bonds. The van der Waals surface area contributed by atoms with Crippen LogP contribution in [0.15, 0.2) is 12.2 Å². The molecule has 280 valence electrons. The zero-order chi connectivity index (χ0) is 34.7. The summed E-state index contributed by atoms with van der Waals surface area (Å²) in [6.07, 6.45) is 41.8. The van der Waals surface area contributed by atoms with Crippen LogP contribution < -0.4 is 5.32 Å². The van der Waals surface area contributed by atoms with Crippen LogP contribution in [-0.2, 0) is 14.9 Å². The number of hydrogen-bond donors (Lipinski definition) is 3. The first kappa shape index (κ1) is 46.1. The van der Waals surface area contributed by atoms with E-state index in [4.69, 9.17) is 0 Å².